The number of carbonyl (C=O) groups is 1. The van der Waals surface area contributed by atoms with Crippen LogP contribution in [-0.4, -0.2) is 42.2 Å². The van der Waals surface area contributed by atoms with Crippen LogP contribution in [0.3, 0.4) is 0 Å². The summed E-state index contributed by atoms with van der Waals surface area (Å²) in [6, 6.07) is 11.2. The summed E-state index contributed by atoms with van der Waals surface area (Å²) in [6.07, 6.45) is 6.13. The predicted molar refractivity (Wildman–Crippen MR) is 119 cm³/mol. The fourth-order valence-electron chi connectivity index (χ4n) is 2.81. The lowest BCUT2D eigenvalue weighted by molar-refractivity contribution is -0.116. The summed E-state index contributed by atoms with van der Waals surface area (Å²) in [4.78, 5) is 20.6. The minimum absolute atomic E-state index is 0.0409. The van der Waals surface area contributed by atoms with E-state index in [2.05, 4.69) is 34.3 Å². The van der Waals surface area contributed by atoms with E-state index in [1.807, 2.05) is 17.5 Å². The van der Waals surface area contributed by atoms with Crippen molar-refractivity contribution in [2.75, 3.05) is 18.9 Å². The van der Waals surface area contributed by atoms with Gasteiger partial charge in [0.05, 0.1) is 12.2 Å². The number of unbranched alkanes of at least 4 members (excludes halogenated alkanes) is 1. The maximum atomic E-state index is 12.5. The number of sulfonamides is 1. The molecular weight excluding hydrogens is 420 g/mol. The number of carbonyl (C=O) groups excluding carboxylic acids is 1. The zero-order chi connectivity index (χ0) is 21.6. The third kappa shape index (κ3) is 5.50. The van der Waals surface area contributed by atoms with Crippen LogP contribution in [0.5, 0.6) is 0 Å². The van der Waals surface area contributed by atoms with Crippen molar-refractivity contribution < 1.29 is 13.2 Å². The predicted octanol–water partition coefficient (Wildman–Crippen LogP) is 3.81. The lowest BCUT2D eigenvalue weighted by Crippen LogP contribution is -2.35. The Balaban J connectivity index is 1.61. The number of pyridine rings is 1. The minimum atomic E-state index is -3.78. The number of nitrogens with one attached hydrogen (secondary N) is 1. The molecule has 30 heavy (non-hydrogen) atoms. The van der Waals surface area contributed by atoms with Crippen LogP contribution in [0.25, 0.3) is 11.3 Å². The maximum absolute atomic E-state index is 12.5. The molecule has 1 amide bonds. The van der Waals surface area contributed by atoms with E-state index in [1.165, 1.54) is 48.5 Å². The van der Waals surface area contributed by atoms with Crippen molar-refractivity contribution in [3.63, 3.8) is 0 Å². The molecule has 0 saturated heterocycles. The van der Waals surface area contributed by atoms with Crippen molar-refractivity contribution in [3.8, 4) is 11.3 Å². The zero-order valence-corrected chi connectivity index (χ0v) is 18.5. The summed E-state index contributed by atoms with van der Waals surface area (Å²) < 4.78 is 26.0. The Morgan fingerprint density at radius 1 is 1.20 bits per heavy atom. The van der Waals surface area contributed by atoms with Gasteiger partial charge < -0.3 is 5.32 Å². The number of benzene rings is 1. The van der Waals surface area contributed by atoms with Crippen LogP contribution in [0.15, 0.2) is 59.1 Å². The summed E-state index contributed by atoms with van der Waals surface area (Å²) >= 11 is 1.30. The van der Waals surface area contributed by atoms with Crippen molar-refractivity contribution in [1.29, 1.82) is 0 Å². The molecule has 158 valence electrons. The Hall–Kier alpha value is -2.62. The number of amides is 1. The van der Waals surface area contributed by atoms with Gasteiger partial charge in [-0.1, -0.05) is 37.6 Å². The van der Waals surface area contributed by atoms with Crippen LogP contribution in [0.4, 0.5) is 5.13 Å². The third-order valence-corrected chi connectivity index (χ3v) is 7.07. The van der Waals surface area contributed by atoms with Gasteiger partial charge in [-0.05, 0) is 30.5 Å². The van der Waals surface area contributed by atoms with Crippen LogP contribution < -0.4 is 5.32 Å². The van der Waals surface area contributed by atoms with E-state index < -0.39 is 15.9 Å². The molecule has 0 fully saturated rings. The first-order valence-electron chi connectivity index (χ1n) is 9.61. The fourth-order valence-corrected chi connectivity index (χ4v) is 4.64. The topological polar surface area (TPSA) is 92.3 Å². The van der Waals surface area contributed by atoms with E-state index in [1.54, 1.807) is 0 Å². The summed E-state index contributed by atoms with van der Waals surface area (Å²) in [5.41, 5.74) is 3.04. The van der Waals surface area contributed by atoms with Gasteiger partial charge in [0, 0.05) is 30.4 Å². The molecule has 0 atom stereocenters. The first-order chi connectivity index (χ1) is 14.4. The molecule has 9 heteroatoms. The van der Waals surface area contributed by atoms with Crippen LogP contribution in [0.2, 0.25) is 0 Å². The highest BCUT2D eigenvalue weighted by molar-refractivity contribution is 7.89. The second-order valence-corrected chi connectivity index (χ2v) is 9.74. The number of hydrogen-bond acceptors (Lipinski definition) is 6. The molecule has 0 radical (unpaired) electrons. The quantitative estimate of drug-likeness (QED) is 0.542. The largest absolute Gasteiger partial charge is 0.301 e. The number of anilines is 1. The molecule has 0 aliphatic carbocycles. The monoisotopic (exact) mass is 444 g/mol. The van der Waals surface area contributed by atoms with Gasteiger partial charge in [0.2, 0.25) is 15.9 Å². The Morgan fingerprint density at radius 3 is 2.63 bits per heavy atom. The fraction of sp³-hybridized carbons (Fsp3) is 0.286. The maximum Gasteiger partial charge on any atom is 0.244 e. The van der Waals surface area contributed by atoms with Crippen LogP contribution in [-0.2, 0) is 21.2 Å². The summed E-state index contributed by atoms with van der Waals surface area (Å²) in [5, 5.41) is 4.97. The number of aromatic nitrogens is 2. The van der Waals surface area contributed by atoms with Crippen LogP contribution in [0.1, 0.15) is 25.3 Å². The van der Waals surface area contributed by atoms with Crippen molar-refractivity contribution in [2.24, 2.45) is 0 Å². The van der Waals surface area contributed by atoms with Gasteiger partial charge in [0.1, 0.15) is 4.90 Å². The Bertz CT molecular complexity index is 1080. The number of rotatable bonds is 9. The third-order valence-electron chi connectivity index (χ3n) is 4.53. The van der Waals surface area contributed by atoms with Gasteiger partial charge in [-0.25, -0.2) is 13.4 Å². The number of aryl methyl sites for hydroxylation is 1. The van der Waals surface area contributed by atoms with E-state index in [-0.39, 0.29) is 11.4 Å². The lowest BCUT2D eigenvalue weighted by Gasteiger charge is -2.16. The molecule has 1 N–H and O–H groups in total. The van der Waals surface area contributed by atoms with Gasteiger partial charge >= 0.3 is 0 Å². The second kappa shape index (κ2) is 9.92. The number of nitrogens with zero attached hydrogens (tertiary/aromatic N) is 3. The molecule has 0 bridgehead atoms. The van der Waals surface area contributed by atoms with E-state index in [0.29, 0.717) is 5.13 Å². The van der Waals surface area contributed by atoms with Crippen LogP contribution >= 0.6 is 11.3 Å². The second-order valence-electron chi connectivity index (χ2n) is 6.84. The van der Waals surface area contributed by atoms with Gasteiger partial charge in [0.15, 0.2) is 5.13 Å². The normalized spacial score (nSPS) is 11.6. The van der Waals surface area contributed by atoms with Crippen molar-refractivity contribution in [2.45, 2.75) is 31.1 Å². The molecule has 2 aromatic heterocycles. The number of likely N-dealkylation sites (N-methyl/N-ethyl adjacent to an activating group) is 1. The molecule has 0 unspecified atom stereocenters. The van der Waals surface area contributed by atoms with Crippen LogP contribution in [0, 0.1) is 0 Å². The number of thiazole rings is 1. The first-order valence-corrected chi connectivity index (χ1v) is 11.9. The smallest absolute Gasteiger partial charge is 0.244 e. The average Bonchev–Trinajstić information content (AvgIpc) is 3.21. The lowest BCUT2D eigenvalue weighted by atomic mass is 10.1. The van der Waals surface area contributed by atoms with Gasteiger partial charge in [-0.2, -0.15) is 4.31 Å². The molecule has 0 saturated carbocycles. The zero-order valence-electron chi connectivity index (χ0n) is 16.9. The highest BCUT2D eigenvalue weighted by atomic mass is 32.2. The summed E-state index contributed by atoms with van der Waals surface area (Å²) in [5.74, 6) is -0.458. The molecule has 2 heterocycles. The first kappa shape index (κ1) is 22.1. The molecule has 3 rings (SSSR count). The standard InChI is InChI=1S/C21H24N4O3S2/c1-3-4-6-16-8-10-17(11-9-16)19-15-29-21(23-19)24-20(26)14-25(2)30(27,28)18-7-5-12-22-13-18/h5,7-13,15H,3-4,6,14H2,1-2H3,(H,23,24,26). The van der Waals surface area contributed by atoms with Gasteiger partial charge in [0.25, 0.3) is 0 Å². The van der Waals surface area contributed by atoms with Crippen molar-refractivity contribution in [1.82, 2.24) is 14.3 Å². The molecule has 0 spiro atoms. The summed E-state index contributed by atoms with van der Waals surface area (Å²) in [6.45, 7) is 1.85. The van der Waals surface area contributed by atoms with E-state index in [0.717, 1.165) is 34.8 Å². The summed E-state index contributed by atoms with van der Waals surface area (Å²) in [7, 11) is -2.43. The van der Waals surface area contributed by atoms with Crippen molar-refractivity contribution in [3.05, 3.63) is 59.7 Å². The minimum Gasteiger partial charge on any atom is -0.301 e. The highest BCUT2D eigenvalue weighted by Gasteiger charge is 2.23. The Labute approximate surface area is 180 Å². The van der Waals surface area contributed by atoms with E-state index >= 15 is 0 Å². The molecule has 0 aliphatic heterocycles. The average molecular weight is 445 g/mol. The van der Waals surface area contributed by atoms with E-state index in [9.17, 15) is 13.2 Å². The van der Waals surface area contributed by atoms with Gasteiger partial charge in [-0.15, -0.1) is 11.3 Å². The van der Waals surface area contributed by atoms with Gasteiger partial charge in [-0.3, -0.25) is 9.78 Å². The molecule has 7 nitrogen and oxygen atoms in total. The highest BCUT2D eigenvalue weighted by Crippen LogP contribution is 2.25. The Morgan fingerprint density at radius 2 is 1.97 bits per heavy atom. The molecular formula is C21H24N4O3S2. The molecule has 0 aliphatic rings. The van der Waals surface area contributed by atoms with E-state index in [4.69, 9.17) is 0 Å². The Kier molecular flexibility index (Phi) is 7.30. The van der Waals surface area contributed by atoms with Crippen molar-refractivity contribution >= 4 is 32.4 Å². The SMILES string of the molecule is CCCCc1ccc(-c2csc(NC(=O)CN(C)S(=O)(=O)c3cccnc3)n2)cc1. The number of hydrogen-bond donors (Lipinski definition) is 1. The molecule has 1 aromatic carbocycles. The molecule has 3 aromatic rings.